The Morgan fingerprint density at radius 3 is 2.37 bits per heavy atom. The topological polar surface area (TPSA) is 72.5 Å². The summed E-state index contributed by atoms with van der Waals surface area (Å²) in [4.78, 5) is 12.2. The number of carbonyl (C=O) groups is 1. The van der Waals surface area contributed by atoms with Crippen molar-refractivity contribution >= 4 is 15.7 Å². The van der Waals surface area contributed by atoms with Gasteiger partial charge in [0.15, 0.2) is 9.84 Å². The zero-order valence-electron chi connectivity index (χ0n) is 15.6. The van der Waals surface area contributed by atoms with E-state index in [4.69, 9.17) is 4.74 Å². The molecule has 6 heteroatoms. The zero-order valence-corrected chi connectivity index (χ0v) is 16.5. The van der Waals surface area contributed by atoms with E-state index < -0.39 is 9.84 Å². The number of sulfone groups is 1. The van der Waals surface area contributed by atoms with E-state index in [1.165, 1.54) is 17.7 Å². The van der Waals surface area contributed by atoms with Crippen LogP contribution in [0.5, 0.6) is 5.75 Å². The Kier molecular flexibility index (Phi) is 7.61. The summed E-state index contributed by atoms with van der Waals surface area (Å²) in [6.45, 7) is 2.62. The van der Waals surface area contributed by atoms with Crippen LogP contribution in [0, 0.1) is 0 Å². The van der Waals surface area contributed by atoms with Crippen LogP contribution in [-0.2, 0) is 21.1 Å². The third-order valence-corrected chi connectivity index (χ3v) is 5.08. The Morgan fingerprint density at radius 1 is 1.07 bits per heavy atom. The van der Waals surface area contributed by atoms with Crippen molar-refractivity contribution in [2.45, 2.75) is 24.7 Å². The summed E-state index contributed by atoms with van der Waals surface area (Å²) < 4.78 is 28.3. The second kappa shape index (κ2) is 9.92. The first-order valence-corrected chi connectivity index (χ1v) is 10.7. The third-order valence-electron chi connectivity index (χ3n) is 3.95. The van der Waals surface area contributed by atoms with Crippen molar-refractivity contribution in [3.05, 3.63) is 71.8 Å². The first-order chi connectivity index (χ1) is 12.8. The van der Waals surface area contributed by atoms with Crippen LogP contribution < -0.4 is 10.1 Å². The van der Waals surface area contributed by atoms with Crippen LogP contribution >= 0.6 is 0 Å². The van der Waals surface area contributed by atoms with E-state index in [2.05, 4.69) is 17.4 Å². The molecule has 2 rings (SSSR count). The van der Waals surface area contributed by atoms with Crippen molar-refractivity contribution in [2.24, 2.45) is 0 Å². The number of amides is 1. The molecule has 0 bridgehead atoms. The molecule has 0 radical (unpaired) electrons. The Labute approximate surface area is 161 Å². The Morgan fingerprint density at radius 2 is 1.74 bits per heavy atom. The van der Waals surface area contributed by atoms with E-state index in [-0.39, 0.29) is 10.8 Å². The summed E-state index contributed by atoms with van der Waals surface area (Å²) in [7, 11) is -3.21. The number of nitrogens with one attached hydrogen (secondary N) is 1. The average Bonchev–Trinajstić information content (AvgIpc) is 2.64. The highest BCUT2D eigenvalue weighted by Gasteiger charge is 2.06. The lowest BCUT2D eigenvalue weighted by Gasteiger charge is -2.08. The van der Waals surface area contributed by atoms with Gasteiger partial charge in [-0.15, -0.1) is 0 Å². The third kappa shape index (κ3) is 7.66. The van der Waals surface area contributed by atoms with Gasteiger partial charge >= 0.3 is 0 Å². The predicted molar refractivity (Wildman–Crippen MR) is 107 cm³/mol. The van der Waals surface area contributed by atoms with Crippen LogP contribution in [-0.4, -0.2) is 33.7 Å². The number of hydrogen-bond donors (Lipinski definition) is 1. The molecule has 0 spiro atoms. The monoisotopic (exact) mass is 387 g/mol. The molecular weight excluding hydrogens is 362 g/mol. The number of allylic oxidation sites excluding steroid dienone is 1. The molecule has 0 unspecified atom stereocenters. The molecule has 0 aromatic heterocycles. The number of carbonyl (C=O) groups excluding carboxylic acids is 1. The van der Waals surface area contributed by atoms with Gasteiger partial charge in [0.05, 0.1) is 11.4 Å². The second-order valence-electron chi connectivity index (χ2n) is 6.36. The van der Waals surface area contributed by atoms with Crippen molar-refractivity contribution in [2.75, 3.05) is 19.4 Å². The van der Waals surface area contributed by atoms with E-state index in [0.717, 1.165) is 24.7 Å². The van der Waals surface area contributed by atoms with Gasteiger partial charge in [-0.3, -0.25) is 4.79 Å². The molecule has 144 valence electrons. The fraction of sp³-hybridized carbons (Fsp3) is 0.286. The van der Waals surface area contributed by atoms with Gasteiger partial charge in [0.1, 0.15) is 12.4 Å². The summed E-state index contributed by atoms with van der Waals surface area (Å²) in [6, 6.07) is 16.4. The fourth-order valence-electron chi connectivity index (χ4n) is 2.46. The number of aryl methyl sites for hydroxylation is 1. The van der Waals surface area contributed by atoms with Crippen molar-refractivity contribution < 1.29 is 17.9 Å². The Balaban J connectivity index is 1.69. The van der Waals surface area contributed by atoms with Crippen LogP contribution in [0.4, 0.5) is 0 Å². The van der Waals surface area contributed by atoms with E-state index in [0.29, 0.717) is 18.9 Å². The number of hydrogen-bond acceptors (Lipinski definition) is 4. The fourth-order valence-corrected chi connectivity index (χ4v) is 3.09. The summed E-state index contributed by atoms with van der Waals surface area (Å²) in [5, 5.41) is 2.78. The SMILES string of the molecule is CC(=CC(=O)NCCOc1ccc(S(C)(=O)=O)cc1)CCc1ccccc1. The molecule has 0 saturated heterocycles. The van der Waals surface area contributed by atoms with E-state index >= 15 is 0 Å². The maximum atomic E-state index is 11.9. The maximum absolute atomic E-state index is 11.9. The maximum Gasteiger partial charge on any atom is 0.244 e. The lowest BCUT2D eigenvalue weighted by molar-refractivity contribution is -0.116. The molecule has 0 saturated carbocycles. The molecule has 1 N–H and O–H groups in total. The van der Waals surface area contributed by atoms with Gasteiger partial charge in [-0.25, -0.2) is 8.42 Å². The normalized spacial score (nSPS) is 11.9. The second-order valence-corrected chi connectivity index (χ2v) is 8.38. The number of ether oxygens (including phenoxy) is 1. The van der Waals surface area contributed by atoms with Crippen molar-refractivity contribution in [3.63, 3.8) is 0 Å². The Bertz CT molecular complexity index is 872. The molecular formula is C21H25NO4S. The van der Waals surface area contributed by atoms with Gasteiger partial charge in [0, 0.05) is 12.3 Å². The standard InChI is InChI=1S/C21H25NO4S/c1-17(8-9-18-6-4-3-5-7-18)16-21(23)22-14-15-26-19-10-12-20(13-11-19)27(2,24)25/h3-7,10-13,16H,8-9,14-15H2,1-2H3,(H,22,23). The van der Waals surface area contributed by atoms with Gasteiger partial charge in [-0.1, -0.05) is 35.9 Å². The molecule has 0 aliphatic carbocycles. The predicted octanol–water partition coefficient (Wildman–Crippen LogP) is 3.16. The highest BCUT2D eigenvalue weighted by molar-refractivity contribution is 7.90. The lowest BCUT2D eigenvalue weighted by atomic mass is 10.1. The van der Waals surface area contributed by atoms with E-state index in [9.17, 15) is 13.2 Å². The minimum atomic E-state index is -3.21. The molecule has 27 heavy (non-hydrogen) atoms. The summed E-state index contributed by atoms with van der Waals surface area (Å²) in [6.07, 6.45) is 4.52. The van der Waals surface area contributed by atoms with Crippen LogP contribution in [0.1, 0.15) is 18.9 Å². The van der Waals surface area contributed by atoms with Crippen LogP contribution in [0.25, 0.3) is 0 Å². The average molecular weight is 388 g/mol. The first kappa shape index (κ1) is 20.7. The van der Waals surface area contributed by atoms with Crippen molar-refractivity contribution in [1.29, 1.82) is 0 Å². The van der Waals surface area contributed by atoms with Gasteiger partial charge in [0.2, 0.25) is 5.91 Å². The minimum Gasteiger partial charge on any atom is -0.492 e. The molecule has 2 aromatic carbocycles. The molecule has 0 aliphatic heterocycles. The number of rotatable bonds is 9. The van der Waals surface area contributed by atoms with Crippen molar-refractivity contribution in [1.82, 2.24) is 5.32 Å². The van der Waals surface area contributed by atoms with Crippen LogP contribution in [0.3, 0.4) is 0 Å². The first-order valence-electron chi connectivity index (χ1n) is 8.76. The van der Waals surface area contributed by atoms with Crippen LogP contribution in [0.15, 0.2) is 71.1 Å². The molecule has 0 atom stereocenters. The summed E-state index contributed by atoms with van der Waals surface area (Å²) >= 11 is 0. The molecule has 1 amide bonds. The smallest absolute Gasteiger partial charge is 0.244 e. The van der Waals surface area contributed by atoms with Crippen molar-refractivity contribution in [3.8, 4) is 5.75 Å². The van der Waals surface area contributed by atoms with Crippen LogP contribution in [0.2, 0.25) is 0 Å². The summed E-state index contributed by atoms with van der Waals surface area (Å²) in [5.41, 5.74) is 2.27. The molecule has 0 heterocycles. The van der Waals surface area contributed by atoms with E-state index in [1.54, 1.807) is 18.2 Å². The minimum absolute atomic E-state index is 0.142. The molecule has 5 nitrogen and oxygen atoms in total. The highest BCUT2D eigenvalue weighted by atomic mass is 32.2. The van der Waals surface area contributed by atoms with Gasteiger partial charge in [0.25, 0.3) is 0 Å². The number of benzene rings is 2. The zero-order chi connectivity index (χ0) is 19.7. The van der Waals surface area contributed by atoms with Gasteiger partial charge < -0.3 is 10.1 Å². The van der Waals surface area contributed by atoms with Gasteiger partial charge in [-0.05, 0) is 49.6 Å². The largest absolute Gasteiger partial charge is 0.492 e. The molecule has 0 fully saturated rings. The highest BCUT2D eigenvalue weighted by Crippen LogP contribution is 2.15. The molecule has 0 aliphatic rings. The molecule has 2 aromatic rings. The lowest BCUT2D eigenvalue weighted by Crippen LogP contribution is -2.26. The Hall–Kier alpha value is -2.60. The quantitative estimate of drug-likeness (QED) is 0.530. The van der Waals surface area contributed by atoms with E-state index in [1.807, 2.05) is 25.1 Å². The van der Waals surface area contributed by atoms with Gasteiger partial charge in [-0.2, -0.15) is 0 Å². The summed E-state index contributed by atoms with van der Waals surface area (Å²) in [5.74, 6) is 0.419.